The van der Waals surface area contributed by atoms with Crippen LogP contribution >= 0.6 is 11.6 Å². The Morgan fingerprint density at radius 3 is 2.44 bits per heavy atom. The summed E-state index contributed by atoms with van der Waals surface area (Å²) in [5.74, 6) is 0.677. The SMILES string of the molecule is CC(C)(C)OCC(=O)N1CC(CNC(=O)COc2ccc(Cl)cc2)C1. The van der Waals surface area contributed by atoms with Crippen molar-refractivity contribution in [2.75, 3.05) is 32.8 Å². The molecule has 1 fully saturated rings. The first kappa shape index (κ1) is 19.5. The van der Waals surface area contributed by atoms with E-state index in [9.17, 15) is 9.59 Å². The van der Waals surface area contributed by atoms with Crippen LogP contribution in [0.25, 0.3) is 0 Å². The Balaban J connectivity index is 1.58. The molecule has 1 aliphatic heterocycles. The first-order chi connectivity index (χ1) is 11.7. The van der Waals surface area contributed by atoms with Gasteiger partial charge < -0.3 is 19.7 Å². The van der Waals surface area contributed by atoms with Crippen molar-refractivity contribution in [1.29, 1.82) is 0 Å². The molecule has 1 heterocycles. The molecule has 0 spiro atoms. The van der Waals surface area contributed by atoms with Gasteiger partial charge in [0.1, 0.15) is 12.4 Å². The molecular weight excluding hydrogens is 344 g/mol. The quantitative estimate of drug-likeness (QED) is 0.800. The molecule has 0 bridgehead atoms. The van der Waals surface area contributed by atoms with Crippen molar-refractivity contribution in [3.8, 4) is 5.75 Å². The third kappa shape index (κ3) is 6.92. The molecule has 1 aliphatic rings. The van der Waals surface area contributed by atoms with Gasteiger partial charge in [-0.15, -0.1) is 0 Å². The van der Waals surface area contributed by atoms with E-state index in [4.69, 9.17) is 21.1 Å². The molecule has 0 radical (unpaired) electrons. The first-order valence-electron chi connectivity index (χ1n) is 8.30. The van der Waals surface area contributed by atoms with Crippen LogP contribution in [-0.2, 0) is 14.3 Å². The lowest BCUT2D eigenvalue weighted by Gasteiger charge is -2.39. The summed E-state index contributed by atoms with van der Waals surface area (Å²) in [6, 6.07) is 6.84. The van der Waals surface area contributed by atoms with E-state index >= 15 is 0 Å². The van der Waals surface area contributed by atoms with E-state index in [0.717, 1.165) is 0 Å². The highest BCUT2D eigenvalue weighted by Crippen LogP contribution is 2.17. The molecule has 25 heavy (non-hydrogen) atoms. The average molecular weight is 369 g/mol. The Labute approximate surface area is 153 Å². The summed E-state index contributed by atoms with van der Waals surface area (Å²) in [6.07, 6.45) is 0. The van der Waals surface area contributed by atoms with Crippen LogP contribution < -0.4 is 10.1 Å². The summed E-state index contributed by atoms with van der Waals surface area (Å²) in [6.45, 7) is 7.62. The lowest BCUT2D eigenvalue weighted by molar-refractivity contribution is -0.147. The van der Waals surface area contributed by atoms with E-state index in [2.05, 4.69) is 5.32 Å². The van der Waals surface area contributed by atoms with Crippen LogP contribution in [-0.4, -0.2) is 55.2 Å². The van der Waals surface area contributed by atoms with E-state index in [1.807, 2.05) is 20.8 Å². The Bertz CT molecular complexity index is 592. The number of benzene rings is 1. The number of hydrogen-bond donors (Lipinski definition) is 1. The number of carbonyl (C=O) groups is 2. The van der Waals surface area contributed by atoms with Crippen molar-refractivity contribution in [2.24, 2.45) is 5.92 Å². The smallest absolute Gasteiger partial charge is 0.257 e. The Morgan fingerprint density at radius 2 is 1.84 bits per heavy atom. The van der Waals surface area contributed by atoms with E-state index in [1.54, 1.807) is 29.2 Å². The van der Waals surface area contributed by atoms with Gasteiger partial charge >= 0.3 is 0 Å². The Kier molecular flexibility index (Phi) is 6.67. The molecule has 2 amide bonds. The molecular formula is C18H25ClN2O4. The fourth-order valence-electron chi connectivity index (χ4n) is 2.26. The highest BCUT2D eigenvalue weighted by Gasteiger charge is 2.31. The fraction of sp³-hybridized carbons (Fsp3) is 0.556. The highest BCUT2D eigenvalue weighted by atomic mass is 35.5. The van der Waals surface area contributed by atoms with Crippen LogP contribution in [0.5, 0.6) is 5.75 Å². The van der Waals surface area contributed by atoms with Gasteiger partial charge in [-0.05, 0) is 45.0 Å². The van der Waals surface area contributed by atoms with Gasteiger partial charge in [0, 0.05) is 30.6 Å². The zero-order valence-corrected chi connectivity index (χ0v) is 15.6. The molecule has 7 heteroatoms. The molecule has 1 aromatic rings. The van der Waals surface area contributed by atoms with E-state index in [-0.39, 0.29) is 36.5 Å². The minimum atomic E-state index is -0.321. The molecule has 138 valence electrons. The van der Waals surface area contributed by atoms with Gasteiger partial charge in [0.05, 0.1) is 5.60 Å². The minimum absolute atomic E-state index is 0.0106. The summed E-state index contributed by atoms with van der Waals surface area (Å²) < 4.78 is 10.9. The third-order valence-corrected chi connectivity index (χ3v) is 3.96. The molecule has 0 aromatic heterocycles. The second-order valence-electron chi connectivity index (χ2n) is 7.11. The van der Waals surface area contributed by atoms with Crippen molar-refractivity contribution in [2.45, 2.75) is 26.4 Å². The van der Waals surface area contributed by atoms with Gasteiger partial charge in [-0.1, -0.05) is 11.6 Å². The Hall–Kier alpha value is -1.79. The fourth-order valence-corrected chi connectivity index (χ4v) is 2.39. The third-order valence-electron chi connectivity index (χ3n) is 3.71. The maximum atomic E-state index is 11.9. The lowest BCUT2D eigenvalue weighted by atomic mass is 10.00. The topological polar surface area (TPSA) is 67.9 Å². The van der Waals surface area contributed by atoms with Crippen LogP contribution in [0.4, 0.5) is 0 Å². The number of carbonyl (C=O) groups excluding carboxylic acids is 2. The average Bonchev–Trinajstić information content (AvgIpc) is 2.50. The number of amides is 2. The molecule has 1 N–H and O–H groups in total. The number of halogens is 1. The number of hydrogen-bond acceptors (Lipinski definition) is 4. The number of nitrogens with zero attached hydrogens (tertiary/aromatic N) is 1. The minimum Gasteiger partial charge on any atom is -0.484 e. The normalized spacial score (nSPS) is 14.8. The Morgan fingerprint density at radius 1 is 1.20 bits per heavy atom. The molecule has 0 unspecified atom stereocenters. The molecule has 1 saturated heterocycles. The lowest BCUT2D eigenvalue weighted by Crippen LogP contribution is -2.55. The predicted octanol–water partition coefficient (Wildman–Crippen LogP) is 2.11. The molecule has 1 aromatic carbocycles. The van der Waals surface area contributed by atoms with Gasteiger partial charge in [0.15, 0.2) is 6.61 Å². The summed E-state index contributed by atoms with van der Waals surface area (Å²) >= 11 is 5.79. The van der Waals surface area contributed by atoms with Crippen molar-refractivity contribution in [3.63, 3.8) is 0 Å². The van der Waals surface area contributed by atoms with Gasteiger partial charge in [-0.3, -0.25) is 9.59 Å². The van der Waals surface area contributed by atoms with Crippen LogP contribution in [0, 0.1) is 5.92 Å². The van der Waals surface area contributed by atoms with E-state index in [0.29, 0.717) is 30.4 Å². The number of ether oxygens (including phenoxy) is 2. The van der Waals surface area contributed by atoms with Gasteiger partial charge in [-0.25, -0.2) is 0 Å². The summed E-state index contributed by atoms with van der Waals surface area (Å²) in [7, 11) is 0. The highest BCUT2D eigenvalue weighted by molar-refractivity contribution is 6.30. The monoisotopic (exact) mass is 368 g/mol. The van der Waals surface area contributed by atoms with E-state index < -0.39 is 0 Å². The predicted molar refractivity (Wildman–Crippen MR) is 95.7 cm³/mol. The second-order valence-corrected chi connectivity index (χ2v) is 7.55. The van der Waals surface area contributed by atoms with Crippen molar-refractivity contribution in [1.82, 2.24) is 10.2 Å². The number of likely N-dealkylation sites (tertiary alicyclic amines) is 1. The first-order valence-corrected chi connectivity index (χ1v) is 8.67. The van der Waals surface area contributed by atoms with E-state index in [1.165, 1.54) is 0 Å². The van der Waals surface area contributed by atoms with Gasteiger partial charge in [0.2, 0.25) is 5.91 Å². The van der Waals surface area contributed by atoms with Gasteiger partial charge in [-0.2, -0.15) is 0 Å². The molecule has 0 aliphatic carbocycles. The largest absolute Gasteiger partial charge is 0.484 e. The molecule has 2 rings (SSSR count). The van der Waals surface area contributed by atoms with Crippen molar-refractivity contribution >= 4 is 23.4 Å². The van der Waals surface area contributed by atoms with Crippen LogP contribution in [0.15, 0.2) is 24.3 Å². The van der Waals surface area contributed by atoms with Crippen LogP contribution in [0.1, 0.15) is 20.8 Å². The van der Waals surface area contributed by atoms with Crippen molar-refractivity contribution in [3.05, 3.63) is 29.3 Å². The molecule has 0 atom stereocenters. The summed E-state index contributed by atoms with van der Waals surface area (Å²) in [5, 5.41) is 3.44. The zero-order chi connectivity index (χ0) is 18.4. The standard InChI is InChI=1S/C18H25ClN2O4/c1-18(2,3)25-12-17(23)21-9-13(10-21)8-20-16(22)11-24-15-6-4-14(19)5-7-15/h4-7,13H,8-12H2,1-3H3,(H,20,22). The molecule has 0 saturated carbocycles. The maximum absolute atomic E-state index is 11.9. The zero-order valence-electron chi connectivity index (χ0n) is 14.9. The van der Waals surface area contributed by atoms with Gasteiger partial charge in [0.25, 0.3) is 5.91 Å². The number of nitrogens with one attached hydrogen (secondary N) is 1. The summed E-state index contributed by atoms with van der Waals surface area (Å²) in [5.41, 5.74) is -0.321. The molecule has 6 nitrogen and oxygen atoms in total. The van der Waals surface area contributed by atoms with Crippen LogP contribution in [0.2, 0.25) is 5.02 Å². The van der Waals surface area contributed by atoms with Crippen LogP contribution in [0.3, 0.4) is 0 Å². The summed E-state index contributed by atoms with van der Waals surface area (Å²) in [4.78, 5) is 25.5. The number of rotatable bonds is 7. The van der Waals surface area contributed by atoms with Crippen molar-refractivity contribution < 1.29 is 19.1 Å². The maximum Gasteiger partial charge on any atom is 0.257 e. The second kappa shape index (κ2) is 8.54.